The average Bonchev–Trinajstić information content (AvgIpc) is 3.11. The van der Waals surface area contributed by atoms with Gasteiger partial charge in [0.25, 0.3) is 23.1 Å². The van der Waals surface area contributed by atoms with Crippen molar-refractivity contribution in [2.75, 3.05) is 17.7 Å². The molecule has 0 saturated heterocycles. The average molecular weight is 492 g/mol. The van der Waals surface area contributed by atoms with Crippen molar-refractivity contribution in [2.45, 2.75) is 19.5 Å². The number of rotatable bonds is 6. The summed E-state index contributed by atoms with van der Waals surface area (Å²) in [7, 11) is 1.21. The van der Waals surface area contributed by atoms with E-state index in [4.69, 9.17) is 5.73 Å². The van der Waals surface area contributed by atoms with Crippen LogP contribution in [0.1, 0.15) is 33.2 Å². The molecule has 0 unspecified atom stereocenters. The Kier molecular flexibility index (Phi) is 5.98. The second kappa shape index (κ2) is 8.94. The number of carbonyl (C=O) groups is 3. The van der Waals surface area contributed by atoms with Crippen LogP contribution in [0.3, 0.4) is 0 Å². The number of nitrogens with two attached hydrogens (primary N) is 1. The van der Waals surface area contributed by atoms with E-state index in [1.807, 2.05) is 0 Å². The topological polar surface area (TPSA) is 182 Å². The highest BCUT2D eigenvalue weighted by molar-refractivity contribution is 6.25. The number of H-pyrrole nitrogens is 1. The quantitative estimate of drug-likeness (QED) is 0.287. The first-order valence-corrected chi connectivity index (χ1v) is 10.6. The summed E-state index contributed by atoms with van der Waals surface area (Å²) in [6, 6.07) is 10.9. The van der Waals surface area contributed by atoms with Gasteiger partial charge in [-0.05, 0) is 18.6 Å². The van der Waals surface area contributed by atoms with Crippen LogP contribution in [0.15, 0.2) is 58.1 Å². The van der Waals surface area contributed by atoms with Crippen molar-refractivity contribution in [3.63, 3.8) is 0 Å². The molecule has 36 heavy (non-hydrogen) atoms. The van der Waals surface area contributed by atoms with E-state index in [1.54, 1.807) is 30.3 Å². The highest BCUT2D eigenvalue weighted by atomic mass is 16.6. The first kappa shape index (κ1) is 24.1. The van der Waals surface area contributed by atoms with E-state index >= 15 is 0 Å². The fourth-order valence-electron chi connectivity index (χ4n) is 4.11. The fourth-order valence-corrected chi connectivity index (χ4v) is 4.11. The van der Waals surface area contributed by atoms with E-state index in [0.717, 1.165) is 15.5 Å². The summed E-state index contributed by atoms with van der Waals surface area (Å²) >= 11 is 0. The third-order valence-corrected chi connectivity index (χ3v) is 5.93. The lowest BCUT2D eigenvalue weighted by molar-refractivity contribution is -0.385. The smallest absolute Gasteiger partial charge is 0.330 e. The lowest BCUT2D eigenvalue weighted by Gasteiger charge is -2.27. The molecule has 0 fully saturated rings. The van der Waals surface area contributed by atoms with Crippen molar-refractivity contribution in [1.82, 2.24) is 14.5 Å². The van der Waals surface area contributed by atoms with Gasteiger partial charge in [0.1, 0.15) is 17.4 Å². The molecule has 13 nitrogen and oxygen atoms in total. The Bertz CT molecular complexity index is 1540. The number of hydrogen-bond donors (Lipinski definition) is 2. The number of nitro groups is 1. The van der Waals surface area contributed by atoms with Crippen molar-refractivity contribution in [3.8, 4) is 0 Å². The summed E-state index contributed by atoms with van der Waals surface area (Å²) in [6.45, 7) is 1.26. The summed E-state index contributed by atoms with van der Waals surface area (Å²) in [5.74, 6) is -3.07. The van der Waals surface area contributed by atoms with Gasteiger partial charge in [0.15, 0.2) is 5.69 Å². The van der Waals surface area contributed by atoms with Crippen LogP contribution in [0.25, 0.3) is 0 Å². The Balaban J connectivity index is 1.69. The molecule has 3 N–H and O–H groups in total. The van der Waals surface area contributed by atoms with Crippen molar-refractivity contribution < 1.29 is 19.3 Å². The number of carbonyl (C=O) groups excluding carboxylic acids is 3. The lowest BCUT2D eigenvalue weighted by Crippen LogP contribution is -2.50. The van der Waals surface area contributed by atoms with Crippen molar-refractivity contribution in [3.05, 3.63) is 96.2 Å². The second-order valence-electron chi connectivity index (χ2n) is 8.08. The molecular formula is C23H20N6O7. The number of anilines is 2. The molecule has 1 atom stereocenters. The predicted molar refractivity (Wildman–Crippen MR) is 128 cm³/mol. The van der Waals surface area contributed by atoms with Gasteiger partial charge in [0.2, 0.25) is 5.91 Å². The monoisotopic (exact) mass is 492 g/mol. The van der Waals surface area contributed by atoms with Gasteiger partial charge < -0.3 is 10.6 Å². The summed E-state index contributed by atoms with van der Waals surface area (Å²) in [4.78, 5) is 78.3. The normalized spacial score (nSPS) is 13.4. The zero-order valence-corrected chi connectivity index (χ0v) is 19.1. The maximum atomic E-state index is 13.3. The minimum absolute atomic E-state index is 0.00887. The molecular weight excluding hydrogens is 472 g/mol. The summed E-state index contributed by atoms with van der Waals surface area (Å²) in [5.41, 5.74) is 3.58. The number of aromatic amines is 1. The molecule has 1 aromatic heterocycles. The summed E-state index contributed by atoms with van der Waals surface area (Å²) < 4.78 is 1.08. The lowest BCUT2D eigenvalue weighted by atomic mass is 10.1. The fraction of sp³-hybridized carbons (Fsp3) is 0.174. The number of nitrogens with one attached hydrogen (secondary N) is 1. The van der Waals surface area contributed by atoms with Crippen LogP contribution >= 0.6 is 0 Å². The molecule has 2 aromatic carbocycles. The van der Waals surface area contributed by atoms with Gasteiger partial charge in [-0.25, -0.2) is 4.79 Å². The Hall–Kier alpha value is -5.07. The Morgan fingerprint density at radius 2 is 1.75 bits per heavy atom. The number of nitro benzene ring substituents is 1. The second-order valence-corrected chi connectivity index (χ2v) is 8.08. The number of likely N-dealkylation sites (N-methyl/N-ethyl adjacent to an activating group) is 1. The van der Waals surface area contributed by atoms with E-state index in [1.165, 1.54) is 26.1 Å². The Morgan fingerprint density at radius 1 is 1.08 bits per heavy atom. The van der Waals surface area contributed by atoms with E-state index < -0.39 is 51.2 Å². The van der Waals surface area contributed by atoms with Gasteiger partial charge in [-0.3, -0.25) is 43.7 Å². The van der Waals surface area contributed by atoms with Gasteiger partial charge in [-0.1, -0.05) is 36.4 Å². The minimum atomic E-state index is -1.45. The zero-order chi connectivity index (χ0) is 26.3. The highest BCUT2D eigenvalue weighted by Gasteiger charge is 2.45. The molecule has 3 aromatic rings. The zero-order valence-electron chi connectivity index (χ0n) is 19.1. The van der Waals surface area contributed by atoms with Gasteiger partial charge in [0.05, 0.1) is 17.0 Å². The van der Waals surface area contributed by atoms with Crippen LogP contribution in [-0.2, 0) is 11.3 Å². The van der Waals surface area contributed by atoms with Crippen LogP contribution in [0.4, 0.5) is 17.2 Å². The predicted octanol–water partition coefficient (Wildman–Crippen LogP) is 0.723. The number of fused-ring (bicyclic) bond motifs is 1. The molecule has 4 rings (SSSR count). The molecule has 0 saturated carbocycles. The number of amides is 3. The number of benzene rings is 2. The third-order valence-electron chi connectivity index (χ3n) is 5.93. The van der Waals surface area contributed by atoms with Gasteiger partial charge in [-0.15, -0.1) is 0 Å². The van der Waals surface area contributed by atoms with Crippen molar-refractivity contribution in [2.24, 2.45) is 0 Å². The molecule has 1 aliphatic heterocycles. The van der Waals surface area contributed by atoms with Crippen molar-refractivity contribution in [1.29, 1.82) is 0 Å². The van der Waals surface area contributed by atoms with E-state index in [9.17, 15) is 34.1 Å². The number of hydrogen-bond acceptors (Lipinski definition) is 8. The summed E-state index contributed by atoms with van der Waals surface area (Å²) in [5, 5.41) is 11.4. The molecule has 13 heteroatoms. The van der Waals surface area contributed by atoms with Crippen LogP contribution in [0, 0.1) is 10.1 Å². The van der Waals surface area contributed by atoms with E-state index in [-0.39, 0.29) is 23.6 Å². The standard InChI is InChI=1S/C23H20N6O7/c1-12(28-21(32)14-9-6-10-15(29(35)36)16(14)22(28)33)20(31)26(2)17-18(24)27(23(34)25-19(17)30)11-13-7-4-3-5-8-13/h3-10,12H,11,24H2,1-2H3,(H,25,30,34)/t12-/m0/s1. The number of aromatic nitrogens is 2. The maximum Gasteiger partial charge on any atom is 0.330 e. The Labute approximate surface area is 202 Å². The number of nitrogens with zero attached hydrogens (tertiary/aromatic N) is 4. The first-order valence-electron chi connectivity index (χ1n) is 10.6. The molecule has 1 aliphatic rings. The van der Waals surface area contributed by atoms with Crippen molar-refractivity contribution >= 4 is 34.9 Å². The molecule has 3 amide bonds. The van der Waals surface area contributed by atoms with Gasteiger partial charge >= 0.3 is 5.69 Å². The van der Waals surface area contributed by atoms with Crippen LogP contribution in [-0.4, -0.2) is 50.2 Å². The molecule has 0 radical (unpaired) electrons. The molecule has 0 bridgehead atoms. The molecule has 0 spiro atoms. The maximum absolute atomic E-state index is 13.3. The summed E-state index contributed by atoms with van der Waals surface area (Å²) in [6.07, 6.45) is 0. The largest absolute Gasteiger partial charge is 0.383 e. The number of nitrogen functional groups attached to an aromatic ring is 1. The first-order chi connectivity index (χ1) is 17.0. The van der Waals surface area contributed by atoms with Gasteiger partial charge in [0, 0.05) is 13.1 Å². The van der Waals surface area contributed by atoms with E-state index in [2.05, 4.69) is 4.98 Å². The van der Waals surface area contributed by atoms with Crippen LogP contribution in [0.5, 0.6) is 0 Å². The molecule has 0 aliphatic carbocycles. The third kappa shape index (κ3) is 3.81. The highest BCUT2D eigenvalue weighted by Crippen LogP contribution is 2.32. The number of imide groups is 1. The minimum Gasteiger partial charge on any atom is -0.383 e. The Morgan fingerprint density at radius 3 is 2.39 bits per heavy atom. The van der Waals surface area contributed by atoms with Crippen LogP contribution < -0.4 is 21.9 Å². The molecule has 2 heterocycles. The van der Waals surface area contributed by atoms with Gasteiger partial charge in [-0.2, -0.15) is 0 Å². The van der Waals surface area contributed by atoms with Crippen LogP contribution in [0.2, 0.25) is 0 Å². The SMILES string of the molecule is C[C@@H](C(=O)N(C)c1c(N)n(Cc2ccccc2)c(=O)[nH]c1=O)N1C(=O)c2cccc([N+](=O)[O-])c2C1=O. The van der Waals surface area contributed by atoms with E-state index in [0.29, 0.717) is 10.5 Å². The molecule has 184 valence electrons.